The van der Waals surface area contributed by atoms with Crippen LogP contribution in [0.2, 0.25) is 0 Å². The van der Waals surface area contributed by atoms with Gasteiger partial charge >= 0.3 is 0 Å². The van der Waals surface area contributed by atoms with E-state index in [1.165, 1.54) is 0 Å². The maximum atomic E-state index is 11.9. The van der Waals surface area contributed by atoms with Crippen LogP contribution in [0.1, 0.15) is 12.6 Å². The summed E-state index contributed by atoms with van der Waals surface area (Å²) in [5, 5.41) is 6.72. The highest BCUT2D eigenvalue weighted by Crippen LogP contribution is 2.19. The topological polar surface area (TPSA) is 73.6 Å². The predicted molar refractivity (Wildman–Crippen MR) is 96.9 cm³/mol. The number of aromatic nitrogens is 1. The van der Waals surface area contributed by atoms with E-state index in [0.29, 0.717) is 23.8 Å². The van der Waals surface area contributed by atoms with Crippen LogP contribution in [0.15, 0.2) is 65.2 Å². The molecule has 3 aromatic rings. The second kappa shape index (κ2) is 8.71. The molecule has 0 aliphatic heterocycles. The van der Waals surface area contributed by atoms with Crippen LogP contribution < -0.4 is 14.8 Å². The van der Waals surface area contributed by atoms with E-state index in [4.69, 9.17) is 14.0 Å². The highest BCUT2D eigenvalue weighted by Gasteiger charge is 2.08. The summed E-state index contributed by atoms with van der Waals surface area (Å²) < 4.78 is 16.1. The molecule has 0 unspecified atom stereocenters. The predicted octanol–water partition coefficient (Wildman–Crippen LogP) is 3.44. The number of rotatable bonds is 8. The molecule has 134 valence electrons. The van der Waals surface area contributed by atoms with Gasteiger partial charge in [-0.15, -0.1) is 0 Å². The first-order chi connectivity index (χ1) is 12.7. The van der Waals surface area contributed by atoms with E-state index in [0.717, 1.165) is 11.3 Å². The van der Waals surface area contributed by atoms with Gasteiger partial charge in [-0.05, 0) is 31.2 Å². The van der Waals surface area contributed by atoms with Crippen LogP contribution in [-0.2, 0) is 11.3 Å². The van der Waals surface area contributed by atoms with Crippen LogP contribution in [0.3, 0.4) is 0 Å². The molecule has 1 N–H and O–H groups in total. The van der Waals surface area contributed by atoms with Gasteiger partial charge in [-0.25, -0.2) is 0 Å². The number of ether oxygens (including phenoxy) is 2. The van der Waals surface area contributed by atoms with Gasteiger partial charge in [-0.1, -0.05) is 35.5 Å². The van der Waals surface area contributed by atoms with Crippen LogP contribution in [0.5, 0.6) is 11.5 Å². The Labute approximate surface area is 151 Å². The van der Waals surface area contributed by atoms with Crippen molar-refractivity contribution in [3.8, 4) is 22.8 Å². The number of hydrogen-bond donors (Lipinski definition) is 1. The fraction of sp³-hybridized carbons (Fsp3) is 0.200. The molecule has 1 heterocycles. The third kappa shape index (κ3) is 4.86. The van der Waals surface area contributed by atoms with Gasteiger partial charge in [0.2, 0.25) is 0 Å². The first-order valence-electron chi connectivity index (χ1n) is 8.38. The van der Waals surface area contributed by atoms with E-state index in [9.17, 15) is 4.79 Å². The molecule has 0 aliphatic carbocycles. The molecule has 1 amide bonds. The summed E-state index contributed by atoms with van der Waals surface area (Å²) in [5.41, 5.74) is 1.59. The molecule has 26 heavy (non-hydrogen) atoms. The molecule has 1 aromatic heterocycles. The summed E-state index contributed by atoms with van der Waals surface area (Å²) in [4.78, 5) is 11.9. The lowest BCUT2D eigenvalue weighted by Gasteiger charge is -2.07. The fourth-order valence-corrected chi connectivity index (χ4v) is 2.32. The van der Waals surface area contributed by atoms with Gasteiger partial charge in [0, 0.05) is 11.6 Å². The van der Waals surface area contributed by atoms with Gasteiger partial charge in [0.15, 0.2) is 12.4 Å². The maximum Gasteiger partial charge on any atom is 0.258 e. The largest absolute Gasteiger partial charge is 0.494 e. The van der Waals surface area contributed by atoms with E-state index in [1.54, 1.807) is 24.3 Å². The summed E-state index contributed by atoms with van der Waals surface area (Å²) in [6.45, 7) is 2.74. The van der Waals surface area contributed by atoms with Crippen molar-refractivity contribution in [3.05, 3.63) is 66.4 Å². The average Bonchev–Trinajstić information content (AvgIpc) is 3.16. The molecule has 0 saturated heterocycles. The highest BCUT2D eigenvalue weighted by atomic mass is 16.5. The zero-order chi connectivity index (χ0) is 18.2. The molecule has 0 bridgehead atoms. The van der Waals surface area contributed by atoms with Crippen molar-refractivity contribution in [3.63, 3.8) is 0 Å². The molecular formula is C20H20N2O4. The number of carbonyl (C=O) groups is 1. The Hall–Kier alpha value is -3.28. The van der Waals surface area contributed by atoms with Crippen LogP contribution in [0.4, 0.5) is 0 Å². The number of amides is 1. The van der Waals surface area contributed by atoms with Crippen LogP contribution in [0.25, 0.3) is 11.3 Å². The van der Waals surface area contributed by atoms with Crippen molar-refractivity contribution >= 4 is 5.91 Å². The van der Waals surface area contributed by atoms with Gasteiger partial charge in [0.05, 0.1) is 13.2 Å². The zero-order valence-electron chi connectivity index (χ0n) is 14.5. The lowest BCUT2D eigenvalue weighted by atomic mass is 10.2. The average molecular weight is 352 g/mol. The third-order valence-electron chi connectivity index (χ3n) is 3.59. The Morgan fingerprint density at radius 2 is 1.73 bits per heavy atom. The molecule has 0 radical (unpaired) electrons. The van der Waals surface area contributed by atoms with Crippen molar-refractivity contribution in [2.24, 2.45) is 0 Å². The number of hydrogen-bond acceptors (Lipinski definition) is 5. The summed E-state index contributed by atoms with van der Waals surface area (Å²) in [5.74, 6) is 1.81. The standard InChI is InChI=1S/C20H20N2O4/c1-2-24-17-8-10-18(11-9-17)25-14-20(23)21-13-16-12-19(26-22-16)15-6-4-3-5-7-15/h3-12H,2,13-14H2,1H3,(H,21,23). The smallest absolute Gasteiger partial charge is 0.258 e. The Bertz CT molecular complexity index is 829. The Kier molecular flexibility index (Phi) is 5.88. The van der Waals surface area contributed by atoms with Gasteiger partial charge in [-0.2, -0.15) is 0 Å². The summed E-state index contributed by atoms with van der Waals surface area (Å²) >= 11 is 0. The molecular weight excluding hydrogens is 332 g/mol. The molecule has 6 heteroatoms. The monoisotopic (exact) mass is 352 g/mol. The molecule has 0 atom stereocenters. The molecule has 6 nitrogen and oxygen atoms in total. The van der Waals surface area contributed by atoms with E-state index >= 15 is 0 Å². The SMILES string of the molecule is CCOc1ccc(OCC(=O)NCc2cc(-c3ccccc3)on2)cc1. The number of benzene rings is 2. The minimum Gasteiger partial charge on any atom is -0.494 e. The number of nitrogens with one attached hydrogen (secondary N) is 1. The zero-order valence-corrected chi connectivity index (χ0v) is 14.5. The summed E-state index contributed by atoms with van der Waals surface area (Å²) in [7, 11) is 0. The lowest BCUT2D eigenvalue weighted by molar-refractivity contribution is -0.123. The first kappa shape index (κ1) is 17.5. The van der Waals surface area contributed by atoms with Gasteiger partial charge in [0.1, 0.15) is 17.2 Å². The molecule has 0 saturated carbocycles. The Morgan fingerprint density at radius 3 is 2.42 bits per heavy atom. The molecule has 0 aliphatic rings. The van der Waals surface area contributed by atoms with Crippen LogP contribution >= 0.6 is 0 Å². The summed E-state index contributed by atoms with van der Waals surface area (Å²) in [6.07, 6.45) is 0. The minimum atomic E-state index is -0.233. The first-order valence-corrected chi connectivity index (χ1v) is 8.38. The summed E-state index contributed by atoms with van der Waals surface area (Å²) in [6, 6.07) is 18.6. The quantitative estimate of drug-likeness (QED) is 0.672. The van der Waals surface area contributed by atoms with Gasteiger partial charge < -0.3 is 19.3 Å². The maximum absolute atomic E-state index is 11.9. The van der Waals surface area contributed by atoms with E-state index in [2.05, 4.69) is 10.5 Å². The third-order valence-corrected chi connectivity index (χ3v) is 3.59. The van der Waals surface area contributed by atoms with Crippen LogP contribution in [0, 0.1) is 0 Å². The highest BCUT2D eigenvalue weighted by molar-refractivity contribution is 5.77. The Morgan fingerprint density at radius 1 is 1.04 bits per heavy atom. The van der Waals surface area contributed by atoms with Crippen molar-refractivity contribution in [2.75, 3.05) is 13.2 Å². The van der Waals surface area contributed by atoms with Crippen molar-refractivity contribution in [1.29, 1.82) is 0 Å². The van der Waals surface area contributed by atoms with Gasteiger partial charge in [-0.3, -0.25) is 4.79 Å². The normalized spacial score (nSPS) is 10.3. The second-order valence-corrected chi connectivity index (χ2v) is 5.52. The lowest BCUT2D eigenvalue weighted by Crippen LogP contribution is -2.28. The van der Waals surface area contributed by atoms with Crippen LogP contribution in [-0.4, -0.2) is 24.3 Å². The Balaban J connectivity index is 1.45. The number of nitrogens with zero attached hydrogens (tertiary/aromatic N) is 1. The van der Waals surface area contributed by atoms with Crippen molar-refractivity contribution in [1.82, 2.24) is 10.5 Å². The van der Waals surface area contributed by atoms with E-state index < -0.39 is 0 Å². The molecule has 0 fully saturated rings. The van der Waals surface area contributed by atoms with Gasteiger partial charge in [0.25, 0.3) is 5.91 Å². The molecule has 3 rings (SSSR count). The second-order valence-electron chi connectivity index (χ2n) is 5.52. The van der Waals surface area contributed by atoms with E-state index in [-0.39, 0.29) is 19.1 Å². The minimum absolute atomic E-state index is 0.0720. The van der Waals surface area contributed by atoms with Crippen molar-refractivity contribution < 1.29 is 18.8 Å². The van der Waals surface area contributed by atoms with Crippen molar-refractivity contribution in [2.45, 2.75) is 13.5 Å². The van der Waals surface area contributed by atoms with E-state index in [1.807, 2.05) is 43.3 Å². The number of carbonyl (C=O) groups excluding carboxylic acids is 1. The molecule has 0 spiro atoms. The fourth-order valence-electron chi connectivity index (χ4n) is 2.32. The molecule has 2 aromatic carbocycles.